The molecule has 1 radical (unpaired) electrons. The first-order chi connectivity index (χ1) is 4.52. The van der Waals surface area contributed by atoms with Crippen molar-refractivity contribution in [3.05, 3.63) is 0 Å². The molecule has 0 saturated heterocycles. The van der Waals surface area contributed by atoms with E-state index in [1.807, 2.05) is 27.7 Å². The van der Waals surface area contributed by atoms with E-state index >= 15 is 0 Å². The van der Waals surface area contributed by atoms with E-state index in [4.69, 9.17) is 0 Å². The third-order valence-corrected chi connectivity index (χ3v) is 0.916. The van der Waals surface area contributed by atoms with Gasteiger partial charge in [-0.15, -0.1) is 0 Å². The molecule has 0 aliphatic rings. The van der Waals surface area contributed by atoms with Crippen molar-refractivity contribution in [2.24, 2.45) is 0 Å². The van der Waals surface area contributed by atoms with Crippen LogP contribution in [0.25, 0.3) is 0 Å². The van der Waals surface area contributed by atoms with Crippen LogP contribution in [-0.2, 0) is 0 Å². The zero-order valence-corrected chi connectivity index (χ0v) is 7.14. The fourth-order valence-corrected chi connectivity index (χ4v) is 0.635. The van der Waals surface area contributed by atoms with E-state index in [0.717, 1.165) is 0 Å². The number of amides is 1. The third kappa shape index (κ3) is 5.67. The fourth-order valence-electron chi connectivity index (χ4n) is 0.635. The zero-order chi connectivity index (χ0) is 8.15. The Morgan fingerprint density at radius 1 is 1.30 bits per heavy atom. The second kappa shape index (κ2) is 4.37. The van der Waals surface area contributed by atoms with Gasteiger partial charge in [-0.2, -0.15) is 0 Å². The van der Waals surface area contributed by atoms with Gasteiger partial charge in [0.1, 0.15) is 0 Å². The predicted octanol–water partition coefficient (Wildman–Crippen LogP) is 1.64. The van der Waals surface area contributed by atoms with Crippen LogP contribution in [0.5, 0.6) is 0 Å². The highest BCUT2D eigenvalue weighted by Gasteiger charge is 2.07. The standard InChI is InChI=1S/C7H15BNO/c1-5(2)8-7(10)9-6(3)4/h5-6H,1-4H3,(H,9,10). The molecule has 0 unspecified atom stereocenters. The van der Waals surface area contributed by atoms with Gasteiger partial charge in [-0.1, -0.05) is 19.7 Å². The second-order valence-corrected chi connectivity index (χ2v) is 3.07. The Bertz CT molecular complexity index is 100. The molecular weight excluding hydrogens is 125 g/mol. The molecule has 1 amide bonds. The van der Waals surface area contributed by atoms with Crippen LogP contribution in [0, 0.1) is 0 Å². The van der Waals surface area contributed by atoms with Crippen LogP contribution in [0.15, 0.2) is 0 Å². The van der Waals surface area contributed by atoms with Gasteiger partial charge in [0.15, 0.2) is 5.81 Å². The largest absolute Gasteiger partial charge is 0.363 e. The van der Waals surface area contributed by atoms with Crippen molar-refractivity contribution in [2.75, 3.05) is 0 Å². The maximum atomic E-state index is 10.9. The summed E-state index contributed by atoms with van der Waals surface area (Å²) in [5, 5.41) is 2.78. The Kier molecular flexibility index (Phi) is 4.16. The number of carbonyl (C=O) groups excluding carboxylic acids is 1. The lowest BCUT2D eigenvalue weighted by Gasteiger charge is -2.08. The summed E-state index contributed by atoms with van der Waals surface area (Å²) in [5.41, 5.74) is 0. The fraction of sp³-hybridized carbons (Fsp3) is 0.857. The SMILES string of the molecule is CC(C)[B]C(=O)NC(C)C. The molecule has 0 atom stereocenters. The quantitative estimate of drug-likeness (QED) is 0.593. The Hall–Kier alpha value is -0.465. The van der Waals surface area contributed by atoms with Gasteiger partial charge < -0.3 is 5.32 Å². The predicted molar refractivity (Wildman–Crippen MR) is 44.5 cm³/mol. The minimum atomic E-state index is 0.0324. The van der Waals surface area contributed by atoms with Crippen LogP contribution in [-0.4, -0.2) is 19.1 Å². The topological polar surface area (TPSA) is 29.1 Å². The van der Waals surface area contributed by atoms with Crippen molar-refractivity contribution < 1.29 is 4.79 Å². The summed E-state index contributed by atoms with van der Waals surface area (Å²) in [6.45, 7) is 7.87. The molecule has 2 nitrogen and oxygen atoms in total. The monoisotopic (exact) mass is 140 g/mol. The van der Waals surface area contributed by atoms with Crippen LogP contribution >= 0.6 is 0 Å². The molecule has 0 aliphatic heterocycles. The maximum absolute atomic E-state index is 10.9. The minimum Gasteiger partial charge on any atom is -0.363 e. The number of hydrogen-bond donors (Lipinski definition) is 1. The number of rotatable bonds is 3. The van der Waals surface area contributed by atoms with E-state index in [2.05, 4.69) is 5.32 Å². The van der Waals surface area contributed by atoms with Gasteiger partial charge in [0.25, 0.3) is 0 Å². The third-order valence-electron chi connectivity index (χ3n) is 0.916. The Morgan fingerprint density at radius 3 is 2.10 bits per heavy atom. The molecule has 0 fully saturated rings. The van der Waals surface area contributed by atoms with Crippen molar-refractivity contribution in [1.29, 1.82) is 0 Å². The molecule has 57 valence electrons. The molecule has 0 rings (SSSR count). The van der Waals surface area contributed by atoms with Gasteiger partial charge in [0, 0.05) is 6.04 Å². The number of nitrogens with one attached hydrogen (secondary N) is 1. The highest BCUT2D eigenvalue weighted by molar-refractivity contribution is 6.74. The van der Waals surface area contributed by atoms with Gasteiger partial charge >= 0.3 is 0 Å². The van der Waals surface area contributed by atoms with Crippen LogP contribution in [0.3, 0.4) is 0 Å². The van der Waals surface area contributed by atoms with Crippen LogP contribution in [0.1, 0.15) is 27.7 Å². The lowest BCUT2D eigenvalue weighted by atomic mass is 9.65. The average Bonchev–Trinajstić information content (AvgIpc) is 1.58. The van der Waals surface area contributed by atoms with Gasteiger partial charge in [-0.3, -0.25) is 4.79 Å². The molecule has 0 aromatic heterocycles. The van der Waals surface area contributed by atoms with Gasteiger partial charge in [-0.25, -0.2) is 0 Å². The van der Waals surface area contributed by atoms with Crippen molar-refractivity contribution in [1.82, 2.24) is 5.32 Å². The van der Waals surface area contributed by atoms with Crippen LogP contribution < -0.4 is 5.32 Å². The molecule has 0 heterocycles. The van der Waals surface area contributed by atoms with Crippen LogP contribution in [0.2, 0.25) is 5.82 Å². The van der Waals surface area contributed by atoms with Crippen molar-refractivity contribution in [2.45, 2.75) is 39.6 Å². The average molecular weight is 140 g/mol. The maximum Gasteiger partial charge on any atom is 0.235 e. The smallest absolute Gasteiger partial charge is 0.235 e. The Labute approximate surface area is 63.6 Å². The summed E-state index contributed by atoms with van der Waals surface area (Å²) in [4.78, 5) is 10.9. The van der Waals surface area contributed by atoms with Gasteiger partial charge in [-0.05, 0) is 13.8 Å². The lowest BCUT2D eigenvalue weighted by Crippen LogP contribution is -2.33. The summed E-state index contributed by atoms with van der Waals surface area (Å²) in [6.07, 6.45) is 0. The van der Waals surface area contributed by atoms with E-state index in [-0.39, 0.29) is 11.8 Å². The van der Waals surface area contributed by atoms with Crippen molar-refractivity contribution in [3.8, 4) is 0 Å². The summed E-state index contributed by atoms with van der Waals surface area (Å²) in [5.74, 6) is 0.365. The molecule has 3 heteroatoms. The Morgan fingerprint density at radius 2 is 1.80 bits per heavy atom. The number of carbonyl (C=O) groups is 1. The highest BCUT2D eigenvalue weighted by atomic mass is 16.1. The van der Waals surface area contributed by atoms with E-state index in [1.165, 1.54) is 0 Å². The molecule has 0 bridgehead atoms. The van der Waals surface area contributed by atoms with Gasteiger partial charge in [0.05, 0.1) is 0 Å². The first-order valence-corrected chi connectivity index (χ1v) is 3.67. The highest BCUT2D eigenvalue weighted by Crippen LogP contribution is 1.96. The van der Waals surface area contributed by atoms with E-state index < -0.39 is 0 Å². The number of hydrogen-bond acceptors (Lipinski definition) is 1. The van der Waals surface area contributed by atoms with Crippen molar-refractivity contribution >= 4 is 13.1 Å². The molecule has 0 saturated carbocycles. The van der Waals surface area contributed by atoms with Gasteiger partial charge in [0.2, 0.25) is 7.28 Å². The zero-order valence-electron chi connectivity index (χ0n) is 7.14. The molecule has 0 aliphatic carbocycles. The van der Waals surface area contributed by atoms with Crippen molar-refractivity contribution in [3.63, 3.8) is 0 Å². The Balaban J connectivity index is 3.44. The first kappa shape index (κ1) is 9.53. The summed E-state index contributed by atoms with van der Waals surface area (Å²) in [7, 11) is 1.68. The molecule has 0 aromatic rings. The van der Waals surface area contributed by atoms with E-state index in [1.54, 1.807) is 7.28 Å². The van der Waals surface area contributed by atoms with Crippen LogP contribution in [0.4, 0.5) is 4.79 Å². The first-order valence-electron chi connectivity index (χ1n) is 3.67. The normalized spacial score (nSPS) is 10.2. The summed E-state index contributed by atoms with van der Waals surface area (Å²) >= 11 is 0. The molecular formula is C7H15BNO. The molecule has 1 N–H and O–H groups in total. The van der Waals surface area contributed by atoms with E-state index in [9.17, 15) is 4.79 Å². The molecule has 0 aromatic carbocycles. The second-order valence-electron chi connectivity index (χ2n) is 3.07. The molecule has 10 heavy (non-hydrogen) atoms. The summed E-state index contributed by atoms with van der Waals surface area (Å²) in [6, 6.07) is 0.238. The minimum absolute atomic E-state index is 0.0324. The van der Waals surface area contributed by atoms with E-state index in [0.29, 0.717) is 5.82 Å². The molecule has 0 spiro atoms. The summed E-state index contributed by atoms with van der Waals surface area (Å²) < 4.78 is 0. The lowest BCUT2D eigenvalue weighted by molar-refractivity contribution is 0.257.